The van der Waals surface area contributed by atoms with Gasteiger partial charge in [0.15, 0.2) is 9.84 Å². The zero-order valence-corrected chi connectivity index (χ0v) is 9.99. The Morgan fingerprint density at radius 2 is 1.81 bits per heavy atom. The lowest BCUT2D eigenvalue weighted by Crippen LogP contribution is -2.32. The summed E-state index contributed by atoms with van der Waals surface area (Å²) >= 11 is 0. The van der Waals surface area contributed by atoms with Crippen LogP contribution < -0.4 is 10.6 Å². The number of nitrogens with two attached hydrogens (primary N) is 1. The highest BCUT2D eigenvalue weighted by atomic mass is 32.2. The summed E-state index contributed by atoms with van der Waals surface area (Å²) in [5.41, 5.74) is 6.71. The number of hydrogen-bond acceptors (Lipinski definition) is 4. The maximum Gasteiger partial charge on any atom is 0.241 e. The second kappa shape index (κ2) is 4.52. The molecule has 2 N–H and O–H groups in total. The van der Waals surface area contributed by atoms with Crippen molar-refractivity contribution in [3.05, 3.63) is 24.3 Å². The smallest absolute Gasteiger partial charge is 0.241 e. The number of carbonyl (C=O) groups excluding carboxylic acids is 1. The molecular formula is C10H14N2O3S. The fraction of sp³-hybridized carbons (Fsp3) is 0.300. The number of sulfone groups is 1. The second-order valence-corrected chi connectivity index (χ2v) is 5.75. The van der Waals surface area contributed by atoms with Gasteiger partial charge in [0.05, 0.1) is 0 Å². The van der Waals surface area contributed by atoms with Gasteiger partial charge in [-0.15, -0.1) is 0 Å². The highest BCUT2D eigenvalue weighted by molar-refractivity contribution is 7.91. The molecule has 0 fully saturated rings. The van der Waals surface area contributed by atoms with Crippen molar-refractivity contribution in [2.24, 2.45) is 0 Å². The summed E-state index contributed by atoms with van der Waals surface area (Å²) in [6.07, 6.45) is 1.03. The largest absolute Gasteiger partial charge is 0.399 e. The highest BCUT2D eigenvalue weighted by Gasteiger charge is 2.16. The Balaban J connectivity index is 2.82. The lowest BCUT2D eigenvalue weighted by Gasteiger charge is -2.16. The maximum absolute atomic E-state index is 11.6. The van der Waals surface area contributed by atoms with Crippen LogP contribution in [-0.4, -0.2) is 33.4 Å². The summed E-state index contributed by atoms with van der Waals surface area (Å²) in [5.74, 6) is -0.958. The third-order valence-electron chi connectivity index (χ3n) is 2.04. The van der Waals surface area contributed by atoms with Gasteiger partial charge in [0, 0.05) is 24.7 Å². The lowest BCUT2D eigenvalue weighted by atomic mass is 10.2. The molecule has 0 unspecified atom stereocenters. The van der Waals surface area contributed by atoms with E-state index in [0.717, 1.165) is 6.26 Å². The zero-order valence-electron chi connectivity index (χ0n) is 9.17. The topological polar surface area (TPSA) is 80.5 Å². The van der Waals surface area contributed by atoms with Crippen molar-refractivity contribution in [3.63, 3.8) is 0 Å². The van der Waals surface area contributed by atoms with Crippen molar-refractivity contribution in [1.82, 2.24) is 0 Å². The molecule has 6 heteroatoms. The van der Waals surface area contributed by atoms with Crippen LogP contribution >= 0.6 is 0 Å². The van der Waals surface area contributed by atoms with E-state index < -0.39 is 21.5 Å². The number of nitrogen functional groups attached to an aromatic ring is 1. The van der Waals surface area contributed by atoms with Crippen molar-refractivity contribution < 1.29 is 13.2 Å². The Hall–Kier alpha value is -1.56. The maximum atomic E-state index is 11.6. The predicted octanol–water partition coefficient (Wildman–Crippen LogP) is 0.276. The van der Waals surface area contributed by atoms with E-state index in [4.69, 9.17) is 5.73 Å². The molecule has 1 amide bonds. The van der Waals surface area contributed by atoms with Crippen LogP contribution in [-0.2, 0) is 14.6 Å². The van der Waals surface area contributed by atoms with E-state index in [1.807, 2.05) is 0 Å². The summed E-state index contributed by atoms with van der Waals surface area (Å²) in [6.45, 7) is 0. The first-order valence-corrected chi connectivity index (χ1v) is 6.65. The average Bonchev–Trinajstić information content (AvgIpc) is 2.15. The average molecular weight is 242 g/mol. The van der Waals surface area contributed by atoms with Crippen LogP contribution in [0.5, 0.6) is 0 Å². The molecule has 0 radical (unpaired) electrons. The summed E-state index contributed by atoms with van der Waals surface area (Å²) in [7, 11) is -1.77. The molecule has 0 bridgehead atoms. The van der Waals surface area contributed by atoms with Gasteiger partial charge < -0.3 is 10.6 Å². The Bertz CT molecular complexity index is 479. The molecule has 0 aromatic heterocycles. The van der Waals surface area contributed by atoms with E-state index in [1.54, 1.807) is 24.3 Å². The summed E-state index contributed by atoms with van der Waals surface area (Å²) in [4.78, 5) is 12.9. The molecule has 1 aromatic rings. The quantitative estimate of drug-likeness (QED) is 0.772. The van der Waals surface area contributed by atoms with Crippen LogP contribution in [0.2, 0.25) is 0 Å². The van der Waals surface area contributed by atoms with Crippen LogP contribution in [0.1, 0.15) is 0 Å². The van der Waals surface area contributed by atoms with Crippen LogP contribution in [0.4, 0.5) is 11.4 Å². The third-order valence-corrected chi connectivity index (χ3v) is 2.81. The third kappa shape index (κ3) is 3.54. The van der Waals surface area contributed by atoms with Gasteiger partial charge in [-0.2, -0.15) is 0 Å². The minimum Gasteiger partial charge on any atom is -0.399 e. The number of amides is 1. The Labute approximate surface area is 94.8 Å². The monoisotopic (exact) mass is 242 g/mol. The lowest BCUT2D eigenvalue weighted by molar-refractivity contribution is -0.115. The molecule has 0 spiro atoms. The van der Waals surface area contributed by atoms with E-state index in [9.17, 15) is 13.2 Å². The first-order chi connectivity index (χ1) is 7.29. The van der Waals surface area contributed by atoms with Gasteiger partial charge in [-0.3, -0.25) is 4.79 Å². The van der Waals surface area contributed by atoms with Crippen LogP contribution in [0.15, 0.2) is 24.3 Å². The Morgan fingerprint density at radius 1 is 1.31 bits per heavy atom. The van der Waals surface area contributed by atoms with Gasteiger partial charge in [0.2, 0.25) is 5.91 Å². The molecule has 1 aromatic carbocycles. The molecule has 1 rings (SSSR count). The molecule has 0 aliphatic rings. The normalized spacial score (nSPS) is 11.1. The molecule has 5 nitrogen and oxygen atoms in total. The molecule has 16 heavy (non-hydrogen) atoms. The summed E-state index contributed by atoms with van der Waals surface area (Å²) < 4.78 is 21.9. The molecule has 0 atom stereocenters. The zero-order chi connectivity index (χ0) is 12.3. The molecular weight excluding hydrogens is 228 g/mol. The standard InChI is InChI=1S/C10H14N2O3S/c1-12(10(13)7-16(2,14)15)9-5-3-8(11)4-6-9/h3-6H,7,11H2,1-2H3. The van der Waals surface area contributed by atoms with Crippen LogP contribution in [0, 0.1) is 0 Å². The van der Waals surface area contributed by atoms with Crippen molar-refractivity contribution in [1.29, 1.82) is 0 Å². The van der Waals surface area contributed by atoms with Crippen molar-refractivity contribution in [2.45, 2.75) is 0 Å². The highest BCUT2D eigenvalue weighted by Crippen LogP contribution is 2.15. The van der Waals surface area contributed by atoms with Crippen molar-refractivity contribution >= 4 is 27.1 Å². The van der Waals surface area contributed by atoms with Crippen molar-refractivity contribution in [3.8, 4) is 0 Å². The minimum atomic E-state index is -3.30. The molecule has 88 valence electrons. The van der Waals surface area contributed by atoms with E-state index in [-0.39, 0.29) is 0 Å². The predicted molar refractivity (Wildman–Crippen MR) is 64.0 cm³/mol. The van der Waals surface area contributed by atoms with E-state index in [0.29, 0.717) is 11.4 Å². The van der Waals surface area contributed by atoms with Gasteiger partial charge in [0.25, 0.3) is 0 Å². The van der Waals surface area contributed by atoms with E-state index >= 15 is 0 Å². The molecule has 0 saturated heterocycles. The fourth-order valence-corrected chi connectivity index (χ4v) is 1.81. The van der Waals surface area contributed by atoms with E-state index in [1.165, 1.54) is 11.9 Å². The van der Waals surface area contributed by atoms with Gasteiger partial charge in [-0.25, -0.2) is 8.42 Å². The Morgan fingerprint density at radius 3 is 2.25 bits per heavy atom. The molecule has 0 aliphatic heterocycles. The first-order valence-electron chi connectivity index (χ1n) is 4.59. The number of rotatable bonds is 3. The van der Waals surface area contributed by atoms with Crippen LogP contribution in [0.3, 0.4) is 0 Å². The summed E-state index contributed by atoms with van der Waals surface area (Å²) in [5, 5.41) is 0. The molecule has 0 saturated carbocycles. The first kappa shape index (κ1) is 12.5. The molecule has 0 aliphatic carbocycles. The summed E-state index contributed by atoms with van der Waals surface area (Å²) in [6, 6.07) is 6.63. The molecule has 0 heterocycles. The van der Waals surface area contributed by atoms with Gasteiger partial charge in [-0.1, -0.05) is 0 Å². The second-order valence-electron chi connectivity index (χ2n) is 3.61. The number of benzene rings is 1. The Kier molecular flexibility index (Phi) is 3.54. The fourth-order valence-electron chi connectivity index (χ4n) is 1.16. The number of nitrogens with zero attached hydrogens (tertiary/aromatic N) is 1. The van der Waals surface area contributed by atoms with Gasteiger partial charge >= 0.3 is 0 Å². The van der Waals surface area contributed by atoms with Crippen LogP contribution in [0.25, 0.3) is 0 Å². The van der Waals surface area contributed by atoms with E-state index in [2.05, 4.69) is 0 Å². The van der Waals surface area contributed by atoms with Gasteiger partial charge in [-0.05, 0) is 24.3 Å². The van der Waals surface area contributed by atoms with Crippen molar-refractivity contribution in [2.75, 3.05) is 29.7 Å². The number of hydrogen-bond donors (Lipinski definition) is 1. The SMILES string of the molecule is CN(C(=O)CS(C)(=O)=O)c1ccc(N)cc1. The number of carbonyl (C=O) groups is 1. The van der Waals surface area contributed by atoms with Gasteiger partial charge in [0.1, 0.15) is 5.75 Å². The minimum absolute atomic E-state index is 0.465. The number of anilines is 2.